The summed E-state index contributed by atoms with van der Waals surface area (Å²) in [5.41, 5.74) is 14.2. The summed E-state index contributed by atoms with van der Waals surface area (Å²) in [6.07, 6.45) is 0. The fourth-order valence-electron chi connectivity index (χ4n) is 1.43. The fraction of sp³-hybridized carbons (Fsp3) is 0.500. The highest BCUT2D eigenvalue weighted by Gasteiger charge is 2.11. The van der Waals surface area contributed by atoms with E-state index in [4.69, 9.17) is 11.5 Å². The lowest BCUT2D eigenvalue weighted by molar-refractivity contribution is 0.588. The molecule has 0 saturated heterocycles. The molecular formula is C12H20N2. The predicted octanol–water partition coefficient (Wildman–Crippen LogP) is 2.16. The third-order valence-electron chi connectivity index (χ3n) is 2.53. The van der Waals surface area contributed by atoms with Gasteiger partial charge in [-0.2, -0.15) is 0 Å². The number of rotatable bonds is 3. The molecule has 78 valence electrons. The maximum Gasteiger partial charge on any atom is 0.0446 e. The van der Waals surface area contributed by atoms with Crippen LogP contribution in [-0.2, 0) is 0 Å². The normalized spacial score (nSPS) is 15.6. The van der Waals surface area contributed by atoms with Crippen LogP contribution >= 0.6 is 0 Å². The van der Waals surface area contributed by atoms with Crippen molar-refractivity contribution in [2.45, 2.75) is 38.8 Å². The number of benzene rings is 1. The second kappa shape index (κ2) is 4.58. The van der Waals surface area contributed by atoms with Crippen LogP contribution in [-0.4, -0.2) is 6.04 Å². The standard InChI is InChI=1S/C12H20N2/c1-8(2)10-5-4-6-11(7-10)12(14)9(3)13/h4-9,12H,13-14H2,1-3H3/t9-,12+/m0/s1. The molecular weight excluding hydrogens is 172 g/mol. The SMILES string of the molecule is CC(C)c1cccc([C@H](N)[C@H](C)N)c1. The third kappa shape index (κ3) is 2.56. The smallest absolute Gasteiger partial charge is 0.0446 e. The van der Waals surface area contributed by atoms with Crippen LogP contribution in [0.4, 0.5) is 0 Å². The summed E-state index contributed by atoms with van der Waals surface area (Å²) >= 11 is 0. The molecule has 1 aromatic carbocycles. The van der Waals surface area contributed by atoms with Crippen molar-refractivity contribution in [3.63, 3.8) is 0 Å². The molecule has 4 N–H and O–H groups in total. The Morgan fingerprint density at radius 1 is 1.00 bits per heavy atom. The van der Waals surface area contributed by atoms with Crippen molar-refractivity contribution < 1.29 is 0 Å². The Hall–Kier alpha value is -0.860. The third-order valence-corrected chi connectivity index (χ3v) is 2.53. The molecule has 0 amide bonds. The van der Waals surface area contributed by atoms with Crippen molar-refractivity contribution in [2.24, 2.45) is 11.5 Å². The quantitative estimate of drug-likeness (QED) is 0.771. The lowest BCUT2D eigenvalue weighted by atomic mass is 9.96. The molecule has 2 heteroatoms. The molecule has 0 aliphatic heterocycles. The summed E-state index contributed by atoms with van der Waals surface area (Å²) in [4.78, 5) is 0. The van der Waals surface area contributed by atoms with Gasteiger partial charge < -0.3 is 11.5 Å². The Kier molecular flexibility index (Phi) is 3.67. The van der Waals surface area contributed by atoms with Gasteiger partial charge in [-0.15, -0.1) is 0 Å². The molecule has 2 atom stereocenters. The summed E-state index contributed by atoms with van der Waals surface area (Å²) in [5, 5.41) is 0. The van der Waals surface area contributed by atoms with E-state index in [9.17, 15) is 0 Å². The minimum atomic E-state index is -0.0614. The lowest BCUT2D eigenvalue weighted by Gasteiger charge is -2.17. The van der Waals surface area contributed by atoms with E-state index in [1.807, 2.05) is 19.1 Å². The van der Waals surface area contributed by atoms with Crippen LogP contribution in [0.1, 0.15) is 43.9 Å². The molecule has 0 radical (unpaired) electrons. The summed E-state index contributed by atoms with van der Waals surface area (Å²) in [6.45, 7) is 6.29. The van der Waals surface area contributed by atoms with Crippen LogP contribution in [0.25, 0.3) is 0 Å². The first-order valence-corrected chi connectivity index (χ1v) is 5.13. The van der Waals surface area contributed by atoms with E-state index >= 15 is 0 Å². The maximum atomic E-state index is 5.98. The number of hydrogen-bond acceptors (Lipinski definition) is 2. The van der Waals surface area contributed by atoms with Crippen LogP contribution in [0.15, 0.2) is 24.3 Å². The molecule has 0 heterocycles. The molecule has 0 aliphatic rings. The lowest BCUT2D eigenvalue weighted by Crippen LogP contribution is -2.31. The Morgan fingerprint density at radius 3 is 2.07 bits per heavy atom. The van der Waals surface area contributed by atoms with Crippen LogP contribution in [0.2, 0.25) is 0 Å². The molecule has 0 bridgehead atoms. The Labute approximate surface area is 86.3 Å². The monoisotopic (exact) mass is 192 g/mol. The summed E-state index contributed by atoms with van der Waals surface area (Å²) in [7, 11) is 0. The highest BCUT2D eigenvalue weighted by molar-refractivity contribution is 5.28. The molecule has 0 spiro atoms. The van der Waals surface area contributed by atoms with Gasteiger partial charge in [-0.25, -0.2) is 0 Å². The van der Waals surface area contributed by atoms with Crippen molar-refractivity contribution in [3.05, 3.63) is 35.4 Å². The minimum Gasteiger partial charge on any atom is -0.326 e. The van der Waals surface area contributed by atoms with E-state index in [1.165, 1.54) is 5.56 Å². The van der Waals surface area contributed by atoms with Gasteiger partial charge in [0.05, 0.1) is 0 Å². The van der Waals surface area contributed by atoms with Gasteiger partial charge in [-0.3, -0.25) is 0 Å². The molecule has 1 aromatic rings. The van der Waals surface area contributed by atoms with Gasteiger partial charge in [0.25, 0.3) is 0 Å². The average Bonchev–Trinajstić information content (AvgIpc) is 2.16. The van der Waals surface area contributed by atoms with Gasteiger partial charge in [0.15, 0.2) is 0 Å². The number of hydrogen-bond donors (Lipinski definition) is 2. The van der Waals surface area contributed by atoms with E-state index in [1.54, 1.807) is 0 Å². The molecule has 0 aliphatic carbocycles. The molecule has 1 rings (SSSR count). The molecule has 14 heavy (non-hydrogen) atoms. The van der Waals surface area contributed by atoms with Crippen molar-refractivity contribution in [1.82, 2.24) is 0 Å². The topological polar surface area (TPSA) is 52.0 Å². The molecule has 0 unspecified atom stereocenters. The summed E-state index contributed by atoms with van der Waals surface area (Å²) < 4.78 is 0. The fourth-order valence-corrected chi connectivity index (χ4v) is 1.43. The first-order chi connectivity index (χ1) is 6.52. The van der Waals surface area contributed by atoms with E-state index < -0.39 is 0 Å². The largest absolute Gasteiger partial charge is 0.326 e. The van der Waals surface area contributed by atoms with Crippen molar-refractivity contribution in [1.29, 1.82) is 0 Å². The van der Waals surface area contributed by atoms with Crippen molar-refractivity contribution in [3.8, 4) is 0 Å². The average molecular weight is 192 g/mol. The molecule has 0 saturated carbocycles. The molecule has 2 nitrogen and oxygen atoms in total. The number of nitrogens with two attached hydrogens (primary N) is 2. The van der Waals surface area contributed by atoms with Crippen LogP contribution in [0.3, 0.4) is 0 Å². The second-order valence-electron chi connectivity index (χ2n) is 4.21. The van der Waals surface area contributed by atoms with E-state index in [0.29, 0.717) is 5.92 Å². The highest BCUT2D eigenvalue weighted by atomic mass is 14.8. The van der Waals surface area contributed by atoms with Crippen molar-refractivity contribution in [2.75, 3.05) is 0 Å². The maximum absolute atomic E-state index is 5.98. The van der Waals surface area contributed by atoms with Gasteiger partial charge in [-0.1, -0.05) is 38.1 Å². The zero-order valence-corrected chi connectivity index (χ0v) is 9.20. The van der Waals surface area contributed by atoms with Gasteiger partial charge in [0.2, 0.25) is 0 Å². The first-order valence-electron chi connectivity index (χ1n) is 5.13. The van der Waals surface area contributed by atoms with E-state index in [-0.39, 0.29) is 12.1 Å². The molecule has 0 aromatic heterocycles. The Balaban J connectivity index is 2.93. The predicted molar refractivity (Wildman–Crippen MR) is 61.1 cm³/mol. The highest BCUT2D eigenvalue weighted by Crippen LogP contribution is 2.19. The van der Waals surface area contributed by atoms with Crippen molar-refractivity contribution >= 4 is 0 Å². The zero-order valence-electron chi connectivity index (χ0n) is 9.20. The van der Waals surface area contributed by atoms with E-state index in [2.05, 4.69) is 26.0 Å². The zero-order chi connectivity index (χ0) is 10.7. The molecule has 0 fully saturated rings. The van der Waals surface area contributed by atoms with Crippen LogP contribution in [0, 0.1) is 0 Å². The van der Waals surface area contributed by atoms with Crippen LogP contribution in [0.5, 0.6) is 0 Å². The minimum absolute atomic E-state index is 0.00240. The van der Waals surface area contributed by atoms with Gasteiger partial charge in [0.1, 0.15) is 0 Å². The van der Waals surface area contributed by atoms with Crippen LogP contribution < -0.4 is 11.5 Å². The Bertz CT molecular complexity index is 292. The summed E-state index contributed by atoms with van der Waals surface area (Å²) in [5.74, 6) is 0.537. The summed E-state index contributed by atoms with van der Waals surface area (Å²) in [6, 6.07) is 8.30. The van der Waals surface area contributed by atoms with E-state index in [0.717, 1.165) is 5.56 Å². The van der Waals surface area contributed by atoms with Gasteiger partial charge >= 0.3 is 0 Å². The van der Waals surface area contributed by atoms with Gasteiger partial charge in [0, 0.05) is 12.1 Å². The second-order valence-corrected chi connectivity index (χ2v) is 4.21. The first kappa shape index (κ1) is 11.2. The van der Waals surface area contributed by atoms with Gasteiger partial charge in [-0.05, 0) is 24.0 Å². The Morgan fingerprint density at radius 2 is 1.57 bits per heavy atom.